The largest absolute Gasteiger partial charge is 0.480 e. The van der Waals surface area contributed by atoms with Crippen molar-refractivity contribution >= 4 is 34.7 Å². The number of anilines is 1. The molecular formula is C21H22N6O3. The molecule has 154 valence electrons. The lowest BCUT2D eigenvalue weighted by Gasteiger charge is -2.31. The summed E-state index contributed by atoms with van der Waals surface area (Å²) in [5.74, 6) is -1.16. The number of hydrogen-bond donors (Lipinski definition) is 3. The number of aliphatic carboxylic acids is 1. The van der Waals surface area contributed by atoms with Crippen LogP contribution in [0, 0.1) is 13.8 Å². The van der Waals surface area contributed by atoms with E-state index in [1.54, 1.807) is 6.07 Å². The average molecular weight is 406 g/mol. The number of carbonyl (C=O) groups is 2. The molecule has 3 N–H and O–H groups in total. The molecule has 1 saturated heterocycles. The van der Waals surface area contributed by atoms with Crippen LogP contribution < -0.4 is 10.2 Å². The third-order valence-corrected chi connectivity index (χ3v) is 4.93. The molecule has 9 heteroatoms. The first kappa shape index (κ1) is 19.6. The van der Waals surface area contributed by atoms with E-state index in [9.17, 15) is 14.7 Å². The van der Waals surface area contributed by atoms with E-state index in [1.165, 1.54) is 4.90 Å². The van der Waals surface area contributed by atoms with Gasteiger partial charge in [0.1, 0.15) is 6.04 Å². The van der Waals surface area contributed by atoms with Gasteiger partial charge in [-0.25, -0.2) is 19.7 Å². The molecule has 2 aromatic heterocycles. The van der Waals surface area contributed by atoms with E-state index in [0.29, 0.717) is 24.4 Å². The average Bonchev–Trinajstić information content (AvgIpc) is 3.10. The maximum Gasteiger partial charge on any atom is 0.326 e. The van der Waals surface area contributed by atoms with Gasteiger partial charge in [0.25, 0.3) is 0 Å². The number of nitrogens with zero attached hydrogens (tertiary/aromatic N) is 4. The van der Waals surface area contributed by atoms with E-state index in [2.05, 4.69) is 25.3 Å². The van der Waals surface area contributed by atoms with E-state index in [-0.39, 0.29) is 18.3 Å². The Morgan fingerprint density at radius 1 is 1.27 bits per heavy atom. The SMILES string of the molecule is Cc1cc(C)nc(N2C(=O)C[C@H](C(=O)O)NC2=NCCc2c[nH]c3ccccc23)n1. The van der Waals surface area contributed by atoms with Crippen LogP contribution in [0.2, 0.25) is 0 Å². The number of fused-ring (bicyclic) bond motifs is 1. The summed E-state index contributed by atoms with van der Waals surface area (Å²) in [6.07, 6.45) is 2.37. The van der Waals surface area contributed by atoms with Crippen molar-refractivity contribution in [3.05, 3.63) is 53.5 Å². The van der Waals surface area contributed by atoms with Crippen molar-refractivity contribution in [1.29, 1.82) is 0 Å². The molecule has 0 radical (unpaired) electrons. The predicted octanol–water partition coefficient (Wildman–Crippen LogP) is 1.95. The van der Waals surface area contributed by atoms with Crippen molar-refractivity contribution in [1.82, 2.24) is 20.3 Å². The second-order valence-corrected chi connectivity index (χ2v) is 7.23. The fourth-order valence-corrected chi connectivity index (χ4v) is 3.56. The van der Waals surface area contributed by atoms with Crippen molar-refractivity contribution in [3.8, 4) is 0 Å². The molecule has 1 aromatic carbocycles. The minimum Gasteiger partial charge on any atom is -0.480 e. The fraction of sp³-hybridized carbons (Fsp3) is 0.286. The summed E-state index contributed by atoms with van der Waals surface area (Å²) < 4.78 is 0. The van der Waals surface area contributed by atoms with Crippen molar-refractivity contribution < 1.29 is 14.7 Å². The summed E-state index contributed by atoms with van der Waals surface area (Å²) in [6, 6.07) is 8.75. The van der Waals surface area contributed by atoms with E-state index in [1.807, 2.05) is 44.3 Å². The van der Waals surface area contributed by atoms with Crippen LogP contribution in [-0.4, -0.2) is 50.5 Å². The molecule has 1 aliphatic heterocycles. The summed E-state index contributed by atoms with van der Waals surface area (Å²) >= 11 is 0. The number of amides is 1. The lowest BCUT2D eigenvalue weighted by atomic mass is 10.1. The summed E-state index contributed by atoms with van der Waals surface area (Å²) in [5.41, 5.74) is 3.57. The van der Waals surface area contributed by atoms with Gasteiger partial charge in [0.15, 0.2) is 0 Å². The van der Waals surface area contributed by atoms with Crippen LogP contribution in [-0.2, 0) is 16.0 Å². The molecule has 0 aliphatic carbocycles. The van der Waals surface area contributed by atoms with E-state index in [4.69, 9.17) is 0 Å². The number of rotatable bonds is 5. The third-order valence-electron chi connectivity index (χ3n) is 4.93. The molecule has 0 unspecified atom stereocenters. The molecule has 1 fully saturated rings. The van der Waals surface area contributed by atoms with Crippen LogP contribution in [0.4, 0.5) is 5.95 Å². The second-order valence-electron chi connectivity index (χ2n) is 7.23. The second kappa shape index (κ2) is 7.94. The number of guanidine groups is 1. The minimum absolute atomic E-state index is 0.156. The van der Waals surface area contributed by atoms with Gasteiger partial charge in [-0.3, -0.25) is 9.79 Å². The summed E-state index contributed by atoms with van der Waals surface area (Å²) in [7, 11) is 0. The Morgan fingerprint density at radius 3 is 2.73 bits per heavy atom. The topological polar surface area (TPSA) is 124 Å². The van der Waals surface area contributed by atoms with E-state index >= 15 is 0 Å². The Balaban J connectivity index is 1.63. The van der Waals surface area contributed by atoms with Gasteiger partial charge in [0, 0.05) is 35.0 Å². The van der Waals surface area contributed by atoms with E-state index in [0.717, 1.165) is 16.5 Å². The Bertz CT molecular complexity index is 1130. The normalized spacial score (nSPS) is 18.1. The number of carbonyl (C=O) groups excluding carboxylic acids is 1. The lowest BCUT2D eigenvalue weighted by molar-refractivity contribution is -0.141. The van der Waals surface area contributed by atoms with Crippen molar-refractivity contribution in [2.24, 2.45) is 4.99 Å². The highest BCUT2D eigenvalue weighted by molar-refractivity contribution is 6.18. The fourth-order valence-electron chi connectivity index (χ4n) is 3.56. The number of aromatic nitrogens is 3. The summed E-state index contributed by atoms with van der Waals surface area (Å²) in [4.78, 5) is 42.0. The zero-order chi connectivity index (χ0) is 21.3. The van der Waals surface area contributed by atoms with Gasteiger partial charge in [-0.1, -0.05) is 18.2 Å². The maximum atomic E-state index is 12.8. The molecule has 1 aliphatic rings. The number of aryl methyl sites for hydroxylation is 2. The first-order chi connectivity index (χ1) is 14.4. The van der Waals surface area contributed by atoms with Crippen molar-refractivity contribution in [2.45, 2.75) is 32.7 Å². The van der Waals surface area contributed by atoms with Gasteiger partial charge in [0.2, 0.25) is 17.8 Å². The number of para-hydroxylation sites is 1. The number of H-pyrrole nitrogens is 1. The van der Waals surface area contributed by atoms with Crippen molar-refractivity contribution in [2.75, 3.05) is 11.4 Å². The van der Waals surface area contributed by atoms with Crippen LogP contribution in [0.15, 0.2) is 41.5 Å². The number of aromatic amines is 1. The highest BCUT2D eigenvalue weighted by Gasteiger charge is 2.36. The molecule has 0 spiro atoms. The molecule has 0 saturated carbocycles. The van der Waals surface area contributed by atoms with Crippen LogP contribution >= 0.6 is 0 Å². The van der Waals surface area contributed by atoms with Crippen molar-refractivity contribution in [3.63, 3.8) is 0 Å². The summed E-state index contributed by atoms with van der Waals surface area (Å²) in [5, 5.41) is 13.4. The van der Waals surface area contributed by atoms with Crippen LogP contribution in [0.1, 0.15) is 23.4 Å². The summed E-state index contributed by atoms with van der Waals surface area (Å²) in [6.45, 7) is 3.99. The molecule has 4 rings (SSSR count). The number of nitrogens with one attached hydrogen (secondary N) is 2. The number of carboxylic acid groups (broad SMARTS) is 1. The quantitative estimate of drug-likeness (QED) is 0.595. The van der Waals surface area contributed by atoms with Crippen LogP contribution in [0.25, 0.3) is 10.9 Å². The Kier molecular flexibility index (Phi) is 5.18. The number of hydrogen-bond acceptors (Lipinski definition) is 5. The van der Waals surface area contributed by atoms with Gasteiger partial charge in [-0.15, -0.1) is 0 Å². The van der Waals surface area contributed by atoms with Gasteiger partial charge >= 0.3 is 5.97 Å². The number of benzene rings is 1. The maximum absolute atomic E-state index is 12.8. The third kappa shape index (κ3) is 3.86. The van der Waals surface area contributed by atoms with E-state index < -0.39 is 17.9 Å². The molecular weight excluding hydrogens is 384 g/mol. The highest BCUT2D eigenvalue weighted by atomic mass is 16.4. The Morgan fingerprint density at radius 2 is 2.00 bits per heavy atom. The zero-order valence-electron chi connectivity index (χ0n) is 16.7. The molecule has 1 amide bonds. The first-order valence-corrected chi connectivity index (χ1v) is 9.66. The van der Waals surface area contributed by atoms with Crippen LogP contribution in [0.3, 0.4) is 0 Å². The molecule has 1 atom stereocenters. The number of aliphatic imine (C=N–C) groups is 1. The molecule has 30 heavy (non-hydrogen) atoms. The van der Waals surface area contributed by atoms with Gasteiger partial charge < -0.3 is 15.4 Å². The molecule has 3 heterocycles. The highest BCUT2D eigenvalue weighted by Crippen LogP contribution is 2.19. The standard InChI is InChI=1S/C21H22N6O3/c1-12-9-13(2)25-21(24-12)27-18(28)10-17(19(29)30)26-20(27)22-8-7-14-11-23-16-6-4-3-5-15(14)16/h3-6,9,11,17,23H,7-8,10H2,1-2H3,(H,22,26)(H,29,30)/t17-/m1/s1. The molecule has 0 bridgehead atoms. The molecule has 9 nitrogen and oxygen atoms in total. The molecule has 3 aromatic rings. The first-order valence-electron chi connectivity index (χ1n) is 9.66. The monoisotopic (exact) mass is 406 g/mol. The Labute approximate surface area is 172 Å². The Hall–Kier alpha value is -3.75. The van der Waals surface area contributed by atoms with Crippen LogP contribution in [0.5, 0.6) is 0 Å². The predicted molar refractivity (Wildman–Crippen MR) is 112 cm³/mol. The zero-order valence-corrected chi connectivity index (χ0v) is 16.7. The smallest absolute Gasteiger partial charge is 0.326 e. The van der Waals surface area contributed by atoms with Gasteiger partial charge in [0.05, 0.1) is 6.42 Å². The minimum atomic E-state index is -1.10. The van der Waals surface area contributed by atoms with Gasteiger partial charge in [-0.05, 0) is 38.0 Å². The number of carboxylic acids is 1. The lowest BCUT2D eigenvalue weighted by Crippen LogP contribution is -2.58. The van der Waals surface area contributed by atoms with Gasteiger partial charge in [-0.2, -0.15) is 0 Å².